The first-order valence-electron chi connectivity index (χ1n) is 9.61. The SMILES string of the molecule is COC(=O)C1(c2ccc(S(=O)(=O)N3CCC(N4CCNCC4)C3)cc2)CC1.Cl. The summed E-state index contributed by atoms with van der Waals surface area (Å²) in [6, 6.07) is 7.09. The fraction of sp³-hybridized carbons (Fsp3) is 0.632. The van der Waals surface area contributed by atoms with Gasteiger partial charge in [0.15, 0.2) is 0 Å². The Morgan fingerprint density at radius 3 is 2.36 bits per heavy atom. The third kappa shape index (κ3) is 3.80. The van der Waals surface area contributed by atoms with Crippen molar-refractivity contribution in [3.05, 3.63) is 29.8 Å². The van der Waals surface area contributed by atoms with Crippen LogP contribution in [0, 0.1) is 0 Å². The molecule has 1 unspecified atom stereocenters. The van der Waals surface area contributed by atoms with Gasteiger partial charge < -0.3 is 10.1 Å². The highest BCUT2D eigenvalue weighted by Gasteiger charge is 2.52. The van der Waals surface area contributed by atoms with Gasteiger partial charge in [0.2, 0.25) is 10.0 Å². The van der Waals surface area contributed by atoms with Gasteiger partial charge in [-0.25, -0.2) is 8.42 Å². The van der Waals surface area contributed by atoms with Crippen LogP contribution >= 0.6 is 12.4 Å². The largest absolute Gasteiger partial charge is 0.468 e. The Bertz CT molecular complexity index is 805. The number of carbonyl (C=O) groups is 1. The predicted molar refractivity (Wildman–Crippen MR) is 108 cm³/mol. The number of nitrogens with zero attached hydrogens (tertiary/aromatic N) is 2. The van der Waals surface area contributed by atoms with Crippen LogP contribution in [0.5, 0.6) is 0 Å². The summed E-state index contributed by atoms with van der Waals surface area (Å²) in [5, 5.41) is 3.33. The Hall–Kier alpha value is -1.19. The summed E-state index contributed by atoms with van der Waals surface area (Å²) >= 11 is 0. The third-order valence-corrected chi connectivity index (χ3v) is 8.04. The van der Waals surface area contributed by atoms with Crippen LogP contribution in [0.15, 0.2) is 29.2 Å². The van der Waals surface area contributed by atoms with E-state index in [0.717, 1.165) is 51.0 Å². The Kier molecular flexibility index (Phi) is 6.36. The zero-order chi connectivity index (χ0) is 19.1. The van der Waals surface area contributed by atoms with Gasteiger partial charge in [-0.15, -0.1) is 12.4 Å². The molecule has 0 amide bonds. The molecule has 0 aromatic heterocycles. The molecule has 1 N–H and O–H groups in total. The highest BCUT2D eigenvalue weighted by molar-refractivity contribution is 7.89. The molecule has 0 bridgehead atoms. The van der Waals surface area contributed by atoms with Gasteiger partial charge in [0.1, 0.15) is 0 Å². The van der Waals surface area contributed by atoms with Crippen LogP contribution in [0.4, 0.5) is 0 Å². The second-order valence-corrected chi connectivity index (χ2v) is 9.63. The number of hydrogen-bond donors (Lipinski definition) is 1. The van der Waals surface area contributed by atoms with E-state index in [2.05, 4.69) is 10.2 Å². The van der Waals surface area contributed by atoms with Gasteiger partial charge in [0.25, 0.3) is 0 Å². The number of sulfonamides is 1. The number of esters is 1. The average Bonchev–Trinajstić information content (AvgIpc) is 3.36. The molecule has 7 nitrogen and oxygen atoms in total. The van der Waals surface area contributed by atoms with Gasteiger partial charge in [-0.1, -0.05) is 12.1 Å². The van der Waals surface area contributed by atoms with Crippen molar-refractivity contribution in [2.24, 2.45) is 0 Å². The molecule has 0 radical (unpaired) electrons. The van der Waals surface area contributed by atoms with E-state index >= 15 is 0 Å². The molecule has 2 heterocycles. The van der Waals surface area contributed by atoms with Gasteiger partial charge in [0.05, 0.1) is 17.4 Å². The smallest absolute Gasteiger partial charge is 0.316 e. The first-order chi connectivity index (χ1) is 13.0. The zero-order valence-corrected chi connectivity index (χ0v) is 17.7. The van der Waals surface area contributed by atoms with E-state index in [1.807, 2.05) is 0 Å². The van der Waals surface area contributed by atoms with Crippen LogP contribution in [0.1, 0.15) is 24.8 Å². The molecule has 3 fully saturated rings. The minimum Gasteiger partial charge on any atom is -0.468 e. The molecule has 3 aliphatic rings. The maximum absolute atomic E-state index is 13.0. The summed E-state index contributed by atoms with van der Waals surface area (Å²) in [4.78, 5) is 14.7. The number of rotatable bonds is 5. The molecular formula is C19H28ClN3O4S. The standard InChI is InChI=1S/C19H27N3O4S.ClH/c1-26-18(23)19(7-8-19)15-2-4-17(5-3-15)27(24,25)22-11-6-16(14-22)21-12-9-20-10-13-21;/h2-5,16,20H,6-14H2,1H3;1H. The average molecular weight is 430 g/mol. The highest BCUT2D eigenvalue weighted by atomic mass is 35.5. The van der Waals surface area contributed by atoms with Crippen molar-refractivity contribution in [3.63, 3.8) is 0 Å². The highest BCUT2D eigenvalue weighted by Crippen LogP contribution is 2.49. The zero-order valence-electron chi connectivity index (χ0n) is 16.1. The molecule has 1 aromatic rings. The Labute approximate surface area is 172 Å². The van der Waals surface area contributed by atoms with Gasteiger partial charge in [-0.3, -0.25) is 9.69 Å². The number of benzene rings is 1. The fourth-order valence-electron chi connectivity index (χ4n) is 4.30. The van der Waals surface area contributed by atoms with E-state index < -0.39 is 15.4 Å². The summed E-state index contributed by atoms with van der Waals surface area (Å²) in [5.74, 6) is -0.239. The molecule has 1 aliphatic carbocycles. The van der Waals surface area contributed by atoms with Crippen molar-refractivity contribution in [2.75, 3.05) is 46.4 Å². The van der Waals surface area contributed by atoms with Gasteiger partial charge in [-0.2, -0.15) is 4.31 Å². The van der Waals surface area contributed by atoms with E-state index in [-0.39, 0.29) is 18.4 Å². The molecule has 4 rings (SSSR count). The van der Waals surface area contributed by atoms with Crippen molar-refractivity contribution in [3.8, 4) is 0 Å². The first-order valence-corrected chi connectivity index (χ1v) is 11.1. The monoisotopic (exact) mass is 429 g/mol. The quantitative estimate of drug-likeness (QED) is 0.703. The molecule has 2 aliphatic heterocycles. The summed E-state index contributed by atoms with van der Waals surface area (Å²) in [7, 11) is -2.11. The van der Waals surface area contributed by atoms with E-state index in [9.17, 15) is 13.2 Å². The van der Waals surface area contributed by atoms with Crippen molar-refractivity contribution >= 4 is 28.4 Å². The van der Waals surface area contributed by atoms with Crippen molar-refractivity contribution in [2.45, 2.75) is 35.6 Å². The fourth-order valence-corrected chi connectivity index (χ4v) is 5.79. The van der Waals surface area contributed by atoms with Crippen LogP contribution < -0.4 is 5.32 Å². The number of halogens is 1. The third-order valence-electron chi connectivity index (χ3n) is 6.16. The van der Waals surface area contributed by atoms with Crippen molar-refractivity contribution < 1.29 is 17.9 Å². The minimum absolute atomic E-state index is 0. The van der Waals surface area contributed by atoms with Crippen LogP contribution in [-0.4, -0.2) is 76.0 Å². The molecule has 2 saturated heterocycles. The first kappa shape index (κ1) is 21.5. The Balaban J connectivity index is 0.00000225. The van der Waals surface area contributed by atoms with Crippen molar-refractivity contribution in [1.29, 1.82) is 0 Å². The van der Waals surface area contributed by atoms with Crippen LogP contribution in [0.3, 0.4) is 0 Å². The summed E-state index contributed by atoms with van der Waals surface area (Å²) in [5.41, 5.74) is 0.270. The number of ether oxygens (including phenoxy) is 1. The minimum atomic E-state index is -3.50. The topological polar surface area (TPSA) is 79.0 Å². The lowest BCUT2D eigenvalue weighted by Gasteiger charge is -2.32. The molecule has 1 saturated carbocycles. The van der Waals surface area contributed by atoms with Gasteiger partial charge in [0, 0.05) is 45.3 Å². The van der Waals surface area contributed by atoms with Gasteiger partial charge in [-0.05, 0) is 37.0 Å². The molecular weight excluding hydrogens is 402 g/mol. The molecule has 28 heavy (non-hydrogen) atoms. The number of methoxy groups -OCH3 is 1. The van der Waals surface area contributed by atoms with Crippen LogP contribution in [-0.2, 0) is 25.0 Å². The molecule has 0 spiro atoms. The number of hydrogen-bond acceptors (Lipinski definition) is 6. The second kappa shape index (κ2) is 8.28. The van der Waals surface area contributed by atoms with Gasteiger partial charge >= 0.3 is 5.97 Å². The molecule has 156 valence electrons. The summed E-state index contributed by atoms with van der Waals surface area (Å²) < 4.78 is 32.6. The van der Waals surface area contributed by atoms with Crippen LogP contribution in [0.2, 0.25) is 0 Å². The van der Waals surface area contributed by atoms with E-state index in [0.29, 0.717) is 24.0 Å². The number of nitrogens with one attached hydrogen (secondary N) is 1. The Morgan fingerprint density at radius 1 is 1.14 bits per heavy atom. The lowest BCUT2D eigenvalue weighted by atomic mass is 9.96. The summed E-state index contributed by atoms with van der Waals surface area (Å²) in [6.07, 6.45) is 2.39. The van der Waals surface area contributed by atoms with Crippen molar-refractivity contribution in [1.82, 2.24) is 14.5 Å². The number of carbonyl (C=O) groups excluding carboxylic acids is 1. The lowest BCUT2D eigenvalue weighted by molar-refractivity contribution is -0.143. The normalized spacial score (nSPS) is 25.1. The Morgan fingerprint density at radius 2 is 1.79 bits per heavy atom. The molecule has 9 heteroatoms. The summed E-state index contributed by atoms with van der Waals surface area (Å²) in [6.45, 7) is 4.99. The van der Waals surface area contributed by atoms with Crippen LogP contribution in [0.25, 0.3) is 0 Å². The lowest BCUT2D eigenvalue weighted by Crippen LogP contribution is -2.49. The predicted octanol–water partition coefficient (Wildman–Crippen LogP) is 0.981. The molecule has 1 atom stereocenters. The van der Waals surface area contributed by atoms with E-state index in [1.165, 1.54) is 7.11 Å². The second-order valence-electron chi connectivity index (χ2n) is 7.69. The van der Waals surface area contributed by atoms with E-state index in [4.69, 9.17) is 4.74 Å². The number of piperazine rings is 1. The van der Waals surface area contributed by atoms with E-state index in [1.54, 1.807) is 28.6 Å². The molecule has 1 aromatic carbocycles. The maximum atomic E-state index is 13.0. The maximum Gasteiger partial charge on any atom is 0.316 e.